The van der Waals surface area contributed by atoms with Crippen LogP contribution in [0, 0.1) is 22.9 Å². The Labute approximate surface area is 122 Å². The number of nitrogens with zero attached hydrogens (tertiary/aromatic N) is 2. The molecule has 8 nitrogen and oxygen atoms in total. The van der Waals surface area contributed by atoms with Crippen LogP contribution in [-0.2, 0) is 16.8 Å². The van der Waals surface area contributed by atoms with E-state index in [1.165, 1.54) is 13.0 Å². The summed E-state index contributed by atoms with van der Waals surface area (Å²) in [6, 6.07) is 3.44. The smallest absolute Gasteiger partial charge is 0.334 e. The number of aromatic nitrogens is 1. The molecule has 0 saturated heterocycles. The standard InChI is InChI=1S/C13H10FN3O5/c1-6-11(17(20)21)10(22-16-6)5-13(19)8-4-7(14)2-3-9(8)15-12(13)18/h2-4,19H,5H2,1H3,(H,15,18). The highest BCUT2D eigenvalue weighted by molar-refractivity contribution is 6.05. The number of aryl methyl sites for hydroxylation is 1. The van der Waals surface area contributed by atoms with Gasteiger partial charge in [0.25, 0.3) is 5.91 Å². The van der Waals surface area contributed by atoms with Gasteiger partial charge in [0.1, 0.15) is 5.82 Å². The molecule has 0 saturated carbocycles. The Bertz CT molecular complexity index is 803. The van der Waals surface area contributed by atoms with Crippen molar-refractivity contribution in [2.45, 2.75) is 18.9 Å². The van der Waals surface area contributed by atoms with Crippen LogP contribution in [0.4, 0.5) is 15.8 Å². The molecule has 2 N–H and O–H groups in total. The number of nitrogens with one attached hydrogen (secondary N) is 1. The van der Waals surface area contributed by atoms with E-state index >= 15 is 0 Å². The highest BCUT2D eigenvalue weighted by Crippen LogP contribution is 2.40. The zero-order valence-corrected chi connectivity index (χ0v) is 11.3. The van der Waals surface area contributed by atoms with Crippen molar-refractivity contribution in [2.75, 3.05) is 5.32 Å². The molecule has 9 heteroatoms. The Kier molecular flexibility index (Phi) is 2.96. The van der Waals surface area contributed by atoms with Crippen LogP contribution in [0.5, 0.6) is 0 Å². The summed E-state index contributed by atoms with van der Waals surface area (Å²) in [6.45, 7) is 1.37. The van der Waals surface area contributed by atoms with Gasteiger partial charge in [0, 0.05) is 11.3 Å². The molecule has 1 aromatic heterocycles. The predicted octanol–water partition coefficient (Wildman–Crippen LogP) is 1.41. The van der Waals surface area contributed by atoms with Gasteiger partial charge >= 0.3 is 5.69 Å². The average Bonchev–Trinajstić information content (AvgIpc) is 2.91. The largest absolute Gasteiger partial charge is 0.375 e. The van der Waals surface area contributed by atoms with Gasteiger partial charge in [-0.2, -0.15) is 0 Å². The lowest BCUT2D eigenvalue weighted by Crippen LogP contribution is -2.36. The van der Waals surface area contributed by atoms with E-state index in [2.05, 4.69) is 10.5 Å². The first-order valence-electron chi connectivity index (χ1n) is 6.26. The monoisotopic (exact) mass is 307 g/mol. The van der Waals surface area contributed by atoms with E-state index in [1.807, 2.05) is 0 Å². The van der Waals surface area contributed by atoms with Crippen molar-refractivity contribution in [3.8, 4) is 0 Å². The van der Waals surface area contributed by atoms with Gasteiger partial charge in [-0.15, -0.1) is 0 Å². The van der Waals surface area contributed by atoms with E-state index < -0.39 is 34.4 Å². The first-order chi connectivity index (χ1) is 10.3. The number of carbonyl (C=O) groups excluding carboxylic acids is 1. The summed E-state index contributed by atoms with van der Waals surface area (Å²) < 4.78 is 18.2. The van der Waals surface area contributed by atoms with Gasteiger partial charge in [-0.1, -0.05) is 5.16 Å². The molecular formula is C13H10FN3O5. The SMILES string of the molecule is Cc1noc(CC2(O)C(=O)Nc3ccc(F)cc32)c1[N+](=O)[O-]. The molecule has 0 spiro atoms. The quantitative estimate of drug-likeness (QED) is 0.653. The zero-order valence-electron chi connectivity index (χ0n) is 11.3. The highest BCUT2D eigenvalue weighted by atomic mass is 19.1. The van der Waals surface area contributed by atoms with Gasteiger partial charge in [-0.3, -0.25) is 14.9 Å². The van der Waals surface area contributed by atoms with Crippen molar-refractivity contribution in [1.82, 2.24) is 5.16 Å². The molecule has 1 amide bonds. The second-order valence-corrected chi connectivity index (χ2v) is 4.98. The number of carbonyl (C=O) groups is 1. The summed E-state index contributed by atoms with van der Waals surface area (Å²) in [4.78, 5) is 22.4. The molecule has 22 heavy (non-hydrogen) atoms. The lowest BCUT2D eigenvalue weighted by molar-refractivity contribution is -0.386. The maximum Gasteiger partial charge on any atom is 0.334 e. The number of amides is 1. The van der Waals surface area contributed by atoms with E-state index in [0.29, 0.717) is 0 Å². The van der Waals surface area contributed by atoms with Crippen LogP contribution < -0.4 is 5.32 Å². The number of benzene rings is 1. The summed E-state index contributed by atoms with van der Waals surface area (Å²) in [5.41, 5.74) is -2.30. The minimum atomic E-state index is -2.16. The predicted molar refractivity (Wildman–Crippen MR) is 70.5 cm³/mol. The molecule has 1 unspecified atom stereocenters. The Morgan fingerprint density at radius 2 is 2.27 bits per heavy atom. The molecule has 3 rings (SSSR count). The van der Waals surface area contributed by atoms with Crippen LogP contribution in [0.1, 0.15) is 17.0 Å². The number of aliphatic hydroxyl groups is 1. The molecule has 1 atom stereocenters. The minimum Gasteiger partial charge on any atom is -0.375 e. The van der Waals surface area contributed by atoms with Crippen LogP contribution in [-0.4, -0.2) is 21.1 Å². The van der Waals surface area contributed by atoms with Crippen molar-refractivity contribution >= 4 is 17.3 Å². The van der Waals surface area contributed by atoms with Crippen LogP contribution in [0.25, 0.3) is 0 Å². The fourth-order valence-electron chi connectivity index (χ4n) is 2.49. The van der Waals surface area contributed by atoms with Crippen LogP contribution >= 0.6 is 0 Å². The Hall–Kier alpha value is -2.81. The number of rotatable bonds is 3. The van der Waals surface area contributed by atoms with Crippen molar-refractivity contribution in [2.24, 2.45) is 0 Å². The lowest BCUT2D eigenvalue weighted by atomic mass is 9.90. The van der Waals surface area contributed by atoms with Crippen molar-refractivity contribution < 1.29 is 23.7 Å². The Morgan fingerprint density at radius 1 is 1.55 bits per heavy atom. The van der Waals surface area contributed by atoms with E-state index in [1.54, 1.807) is 0 Å². The third-order valence-corrected chi connectivity index (χ3v) is 3.55. The van der Waals surface area contributed by atoms with E-state index in [4.69, 9.17) is 4.52 Å². The third kappa shape index (κ3) is 1.94. The number of anilines is 1. The number of nitro groups is 1. The molecule has 0 fully saturated rings. The highest BCUT2D eigenvalue weighted by Gasteiger charge is 2.48. The second-order valence-electron chi connectivity index (χ2n) is 4.98. The molecule has 2 aromatic rings. The van der Waals surface area contributed by atoms with Crippen molar-refractivity contribution in [1.29, 1.82) is 0 Å². The third-order valence-electron chi connectivity index (χ3n) is 3.55. The van der Waals surface area contributed by atoms with Gasteiger partial charge in [0.2, 0.25) is 5.76 Å². The summed E-state index contributed by atoms with van der Waals surface area (Å²) in [6.07, 6.45) is -0.521. The molecule has 114 valence electrons. The second kappa shape index (κ2) is 4.60. The average molecular weight is 307 g/mol. The maximum absolute atomic E-state index is 13.4. The van der Waals surface area contributed by atoms with E-state index in [-0.39, 0.29) is 22.7 Å². The number of fused-ring (bicyclic) bond motifs is 1. The van der Waals surface area contributed by atoms with Crippen LogP contribution in [0.15, 0.2) is 22.7 Å². The summed E-state index contributed by atoms with van der Waals surface area (Å²) >= 11 is 0. The normalized spacial score (nSPS) is 19.9. The van der Waals surface area contributed by atoms with Crippen LogP contribution in [0.2, 0.25) is 0 Å². The van der Waals surface area contributed by atoms with Crippen LogP contribution in [0.3, 0.4) is 0 Å². The molecular weight excluding hydrogens is 297 g/mol. The first-order valence-corrected chi connectivity index (χ1v) is 6.26. The molecule has 0 radical (unpaired) electrons. The van der Waals surface area contributed by atoms with E-state index in [9.17, 15) is 24.4 Å². The molecule has 1 aliphatic heterocycles. The van der Waals surface area contributed by atoms with Crippen molar-refractivity contribution in [3.63, 3.8) is 0 Å². The molecule has 2 heterocycles. The van der Waals surface area contributed by atoms with Gasteiger partial charge in [-0.05, 0) is 25.1 Å². The molecule has 0 bridgehead atoms. The van der Waals surface area contributed by atoms with E-state index in [0.717, 1.165) is 12.1 Å². The van der Waals surface area contributed by atoms with Crippen molar-refractivity contribution in [3.05, 3.63) is 51.1 Å². The zero-order chi connectivity index (χ0) is 16.1. The number of hydrogen-bond donors (Lipinski definition) is 2. The number of hydrogen-bond acceptors (Lipinski definition) is 6. The van der Waals surface area contributed by atoms with Gasteiger partial charge < -0.3 is 14.9 Å². The fraction of sp³-hybridized carbons (Fsp3) is 0.231. The Balaban J connectivity index is 2.08. The maximum atomic E-state index is 13.4. The van der Waals surface area contributed by atoms with Gasteiger partial charge in [-0.25, -0.2) is 4.39 Å². The first kappa shape index (κ1) is 14.1. The van der Waals surface area contributed by atoms with Gasteiger partial charge in [0.05, 0.1) is 11.3 Å². The molecule has 1 aliphatic rings. The topological polar surface area (TPSA) is 118 Å². The summed E-state index contributed by atoms with van der Waals surface area (Å²) in [5.74, 6) is -1.70. The Morgan fingerprint density at radius 3 is 2.95 bits per heavy atom. The van der Waals surface area contributed by atoms with Gasteiger partial charge in [0.15, 0.2) is 11.3 Å². The molecule has 0 aliphatic carbocycles. The fourth-order valence-corrected chi connectivity index (χ4v) is 2.49. The summed E-state index contributed by atoms with van der Waals surface area (Å²) in [5, 5.41) is 27.5. The number of halogens is 1. The lowest BCUT2D eigenvalue weighted by Gasteiger charge is -2.18. The molecule has 1 aromatic carbocycles. The summed E-state index contributed by atoms with van der Waals surface area (Å²) in [7, 11) is 0. The minimum absolute atomic E-state index is 0.000788.